The van der Waals surface area contributed by atoms with Crippen molar-refractivity contribution in [3.63, 3.8) is 0 Å². The van der Waals surface area contributed by atoms with Crippen molar-refractivity contribution in [2.24, 2.45) is 5.73 Å². The second-order valence-electron chi connectivity index (χ2n) is 5.59. The molecule has 3 heteroatoms. The standard InChI is InChI=1S/C14H22N2S/c15-12-8-13-2-1-3-14(9-12)16(13)6-4-11-5-7-17-10-11/h5,7,10,12-14H,1-4,6,8-9,15H2. The van der Waals surface area contributed by atoms with Crippen molar-refractivity contribution in [3.05, 3.63) is 22.4 Å². The van der Waals surface area contributed by atoms with Gasteiger partial charge in [0.05, 0.1) is 0 Å². The van der Waals surface area contributed by atoms with Gasteiger partial charge in [-0.05, 0) is 54.5 Å². The summed E-state index contributed by atoms with van der Waals surface area (Å²) >= 11 is 1.81. The van der Waals surface area contributed by atoms with Crippen LogP contribution in [0.5, 0.6) is 0 Å². The Hall–Kier alpha value is -0.380. The summed E-state index contributed by atoms with van der Waals surface area (Å²) in [5.74, 6) is 0. The molecule has 0 aliphatic carbocycles. The molecule has 0 spiro atoms. The minimum absolute atomic E-state index is 0.461. The second kappa shape index (κ2) is 5.09. The van der Waals surface area contributed by atoms with Crippen LogP contribution in [0.3, 0.4) is 0 Å². The van der Waals surface area contributed by atoms with Crippen molar-refractivity contribution >= 4 is 11.3 Å². The summed E-state index contributed by atoms with van der Waals surface area (Å²) in [6, 6.07) is 4.27. The Kier molecular flexibility index (Phi) is 3.50. The van der Waals surface area contributed by atoms with Crippen LogP contribution in [-0.4, -0.2) is 29.6 Å². The predicted molar refractivity (Wildman–Crippen MR) is 73.4 cm³/mol. The number of nitrogens with zero attached hydrogens (tertiary/aromatic N) is 1. The van der Waals surface area contributed by atoms with E-state index in [1.54, 1.807) is 0 Å². The fraction of sp³-hybridized carbons (Fsp3) is 0.714. The highest BCUT2D eigenvalue weighted by Crippen LogP contribution is 2.33. The zero-order valence-corrected chi connectivity index (χ0v) is 11.2. The summed E-state index contributed by atoms with van der Waals surface area (Å²) in [5, 5.41) is 4.47. The molecular formula is C14H22N2S. The quantitative estimate of drug-likeness (QED) is 0.893. The van der Waals surface area contributed by atoms with Gasteiger partial charge in [-0.3, -0.25) is 4.90 Å². The highest BCUT2D eigenvalue weighted by Gasteiger charge is 2.36. The van der Waals surface area contributed by atoms with Crippen LogP contribution in [-0.2, 0) is 6.42 Å². The van der Waals surface area contributed by atoms with E-state index in [0.29, 0.717) is 6.04 Å². The van der Waals surface area contributed by atoms with Crippen LogP contribution in [0.4, 0.5) is 0 Å². The summed E-state index contributed by atoms with van der Waals surface area (Å²) in [4.78, 5) is 2.75. The van der Waals surface area contributed by atoms with Gasteiger partial charge in [0.25, 0.3) is 0 Å². The average molecular weight is 250 g/mol. The number of piperidine rings is 2. The van der Waals surface area contributed by atoms with Gasteiger partial charge < -0.3 is 5.73 Å². The fourth-order valence-corrected chi connectivity index (χ4v) is 4.28. The third kappa shape index (κ3) is 2.56. The third-order valence-corrected chi connectivity index (χ3v) is 5.13. The van der Waals surface area contributed by atoms with E-state index in [-0.39, 0.29) is 0 Å². The van der Waals surface area contributed by atoms with Gasteiger partial charge >= 0.3 is 0 Å². The van der Waals surface area contributed by atoms with Crippen LogP contribution in [0.25, 0.3) is 0 Å². The van der Waals surface area contributed by atoms with Gasteiger partial charge in [0, 0.05) is 24.7 Å². The number of hydrogen-bond donors (Lipinski definition) is 1. The van der Waals surface area contributed by atoms with Crippen molar-refractivity contribution in [1.29, 1.82) is 0 Å². The number of nitrogens with two attached hydrogens (primary N) is 1. The second-order valence-corrected chi connectivity index (χ2v) is 6.37. The molecule has 17 heavy (non-hydrogen) atoms. The van der Waals surface area contributed by atoms with E-state index < -0.39 is 0 Å². The van der Waals surface area contributed by atoms with Gasteiger partial charge in [-0.25, -0.2) is 0 Å². The maximum absolute atomic E-state index is 6.15. The normalized spacial score (nSPS) is 33.8. The van der Waals surface area contributed by atoms with E-state index in [2.05, 4.69) is 21.7 Å². The molecule has 0 aromatic carbocycles. The lowest BCUT2D eigenvalue weighted by Gasteiger charge is -2.48. The predicted octanol–water partition coefficient (Wildman–Crippen LogP) is 2.63. The summed E-state index contributed by atoms with van der Waals surface area (Å²) in [6.45, 7) is 1.23. The molecule has 3 rings (SSSR count). The lowest BCUT2D eigenvalue weighted by atomic mass is 9.82. The summed E-state index contributed by atoms with van der Waals surface area (Å²) in [5.41, 5.74) is 7.66. The molecule has 2 unspecified atom stereocenters. The molecular weight excluding hydrogens is 228 g/mol. The molecule has 3 heterocycles. The molecule has 2 N–H and O–H groups in total. The number of rotatable bonds is 3. The first-order valence-electron chi connectivity index (χ1n) is 6.85. The molecule has 1 aromatic heterocycles. The summed E-state index contributed by atoms with van der Waals surface area (Å²) in [7, 11) is 0. The summed E-state index contributed by atoms with van der Waals surface area (Å²) in [6.07, 6.45) is 7.81. The molecule has 2 aliphatic heterocycles. The van der Waals surface area contributed by atoms with Crippen LogP contribution in [0.15, 0.2) is 16.8 Å². The topological polar surface area (TPSA) is 29.3 Å². The first kappa shape index (κ1) is 11.7. The molecule has 0 radical (unpaired) electrons. The largest absolute Gasteiger partial charge is 0.328 e. The van der Waals surface area contributed by atoms with Gasteiger partial charge in [0.2, 0.25) is 0 Å². The van der Waals surface area contributed by atoms with Crippen LogP contribution in [0.1, 0.15) is 37.7 Å². The zero-order valence-electron chi connectivity index (χ0n) is 10.3. The molecule has 94 valence electrons. The molecule has 0 saturated carbocycles. The highest BCUT2D eigenvalue weighted by molar-refractivity contribution is 7.07. The van der Waals surface area contributed by atoms with Crippen molar-refractivity contribution in [2.45, 2.75) is 56.7 Å². The molecule has 0 amide bonds. The minimum atomic E-state index is 0.461. The monoisotopic (exact) mass is 250 g/mol. The van der Waals surface area contributed by atoms with Crippen LogP contribution < -0.4 is 5.73 Å². The van der Waals surface area contributed by atoms with Crippen LogP contribution in [0.2, 0.25) is 0 Å². The molecule has 1 aromatic rings. The van der Waals surface area contributed by atoms with Gasteiger partial charge in [0.15, 0.2) is 0 Å². The van der Waals surface area contributed by atoms with Gasteiger partial charge in [-0.1, -0.05) is 6.42 Å². The van der Waals surface area contributed by atoms with Gasteiger partial charge in [-0.15, -0.1) is 0 Å². The maximum Gasteiger partial charge on any atom is 0.0113 e. The Morgan fingerprint density at radius 3 is 2.71 bits per heavy atom. The number of fused-ring (bicyclic) bond motifs is 2. The first-order chi connectivity index (χ1) is 8.33. The van der Waals surface area contributed by atoms with E-state index in [1.165, 1.54) is 50.6 Å². The van der Waals surface area contributed by atoms with Crippen molar-refractivity contribution in [3.8, 4) is 0 Å². The Bertz CT molecular complexity index is 335. The fourth-order valence-electron chi connectivity index (χ4n) is 3.58. The molecule has 2 atom stereocenters. The SMILES string of the molecule is NC1CC2CCCC(C1)N2CCc1ccsc1. The van der Waals surface area contributed by atoms with E-state index in [4.69, 9.17) is 5.73 Å². The lowest BCUT2D eigenvalue weighted by Crippen LogP contribution is -2.55. The Labute approximate surface area is 108 Å². The molecule has 2 fully saturated rings. The van der Waals surface area contributed by atoms with Gasteiger partial charge in [0.1, 0.15) is 0 Å². The summed E-state index contributed by atoms with van der Waals surface area (Å²) < 4.78 is 0. The Morgan fingerprint density at radius 2 is 2.06 bits per heavy atom. The van der Waals surface area contributed by atoms with Crippen molar-refractivity contribution in [1.82, 2.24) is 4.90 Å². The lowest BCUT2D eigenvalue weighted by molar-refractivity contribution is 0.0327. The molecule has 2 nitrogen and oxygen atoms in total. The highest BCUT2D eigenvalue weighted by atomic mass is 32.1. The van der Waals surface area contributed by atoms with Crippen molar-refractivity contribution < 1.29 is 0 Å². The first-order valence-corrected chi connectivity index (χ1v) is 7.79. The smallest absolute Gasteiger partial charge is 0.0113 e. The average Bonchev–Trinajstić information content (AvgIpc) is 2.79. The third-order valence-electron chi connectivity index (χ3n) is 4.40. The molecule has 2 bridgehead atoms. The van der Waals surface area contributed by atoms with E-state index in [9.17, 15) is 0 Å². The maximum atomic E-state index is 6.15. The van der Waals surface area contributed by atoms with Gasteiger partial charge in [-0.2, -0.15) is 11.3 Å². The van der Waals surface area contributed by atoms with Crippen LogP contribution in [0, 0.1) is 0 Å². The number of hydrogen-bond acceptors (Lipinski definition) is 3. The molecule has 2 saturated heterocycles. The van der Waals surface area contributed by atoms with E-state index in [0.717, 1.165) is 12.1 Å². The Balaban J connectivity index is 1.62. The molecule has 2 aliphatic rings. The Morgan fingerprint density at radius 1 is 1.29 bits per heavy atom. The number of thiophene rings is 1. The van der Waals surface area contributed by atoms with Crippen molar-refractivity contribution in [2.75, 3.05) is 6.54 Å². The zero-order chi connectivity index (χ0) is 11.7. The minimum Gasteiger partial charge on any atom is -0.328 e. The van der Waals surface area contributed by atoms with E-state index >= 15 is 0 Å². The van der Waals surface area contributed by atoms with E-state index in [1.807, 2.05) is 11.3 Å². The van der Waals surface area contributed by atoms with Crippen LogP contribution >= 0.6 is 11.3 Å².